The van der Waals surface area contributed by atoms with Crippen LogP contribution < -0.4 is 15.0 Å². The molecule has 3 aromatic heterocycles. The summed E-state index contributed by atoms with van der Waals surface area (Å²) in [5.41, 5.74) is 12.3. The van der Waals surface area contributed by atoms with E-state index in [0.29, 0.717) is 0 Å². The molecule has 0 saturated carbocycles. The zero-order valence-electron chi connectivity index (χ0n) is 34.9. The molecule has 0 unspecified atom stereocenters. The molecule has 0 amide bonds. The summed E-state index contributed by atoms with van der Waals surface area (Å²) in [7, 11) is -1.56. The molecule has 0 bridgehead atoms. The van der Waals surface area contributed by atoms with Gasteiger partial charge < -0.3 is 23.1 Å². The summed E-state index contributed by atoms with van der Waals surface area (Å²) in [6, 6.07) is 64.8. The highest BCUT2D eigenvalue weighted by atomic mass is 28.3. The van der Waals surface area contributed by atoms with Gasteiger partial charge in [0.05, 0.1) is 25.1 Å². The minimum Gasteiger partial charge on any atom is -0.456 e. The van der Waals surface area contributed by atoms with E-state index >= 15 is 0 Å². The van der Waals surface area contributed by atoms with Crippen molar-refractivity contribution in [3.05, 3.63) is 188 Å². The Bertz CT molecular complexity index is 3700. The van der Waals surface area contributed by atoms with E-state index in [1.807, 2.05) is 24.3 Å². The fraction of sp³-hybridized carbons (Fsp3) is 0.0714. The van der Waals surface area contributed by atoms with Gasteiger partial charge in [-0.1, -0.05) is 140 Å². The molecule has 0 aliphatic heterocycles. The van der Waals surface area contributed by atoms with Crippen molar-refractivity contribution < 1.29 is 13.3 Å². The molecule has 0 atom stereocenters. The number of fused-ring (bicyclic) bond motifs is 11. The molecule has 0 radical (unpaired) electrons. The predicted octanol–water partition coefficient (Wildman–Crippen LogP) is 16.3. The second-order valence-electron chi connectivity index (χ2n) is 17.4. The van der Waals surface area contributed by atoms with Gasteiger partial charge in [0, 0.05) is 60.8 Å². The standard InChI is InChI=1S/C56H42N2O3Si/c1-35-23-25-36(26-24-35)57(47-19-11-17-44-41-14-7-9-21-50(41)60-55(44)47)38-29-32-52-46(33-38)54-43-16-6-5-13-40(43)49(34-53(54)59-52)58(37-27-30-39(31-28-37)62(2,3)4)48-20-12-18-45-42-15-8-10-22-51(42)61-56(45)48/h5-34H,1-4H3. The number of aryl methyl sites for hydroxylation is 1. The van der Waals surface area contributed by atoms with Crippen LogP contribution in [-0.2, 0) is 0 Å². The van der Waals surface area contributed by atoms with Crippen molar-refractivity contribution >= 4 is 124 Å². The zero-order valence-corrected chi connectivity index (χ0v) is 35.9. The van der Waals surface area contributed by atoms with Crippen LogP contribution in [-0.4, -0.2) is 8.07 Å². The molecule has 298 valence electrons. The van der Waals surface area contributed by atoms with Crippen LogP contribution in [0.4, 0.5) is 34.1 Å². The normalized spacial score (nSPS) is 12.2. The molecule has 0 spiro atoms. The fourth-order valence-corrected chi connectivity index (χ4v) is 10.6. The second-order valence-corrected chi connectivity index (χ2v) is 22.5. The lowest BCUT2D eigenvalue weighted by Gasteiger charge is -2.28. The number of para-hydroxylation sites is 4. The molecule has 3 heterocycles. The van der Waals surface area contributed by atoms with E-state index in [0.717, 1.165) is 111 Å². The quantitative estimate of drug-likeness (QED) is 0.150. The highest BCUT2D eigenvalue weighted by molar-refractivity contribution is 6.88. The Kier molecular flexibility index (Phi) is 8.05. The first kappa shape index (κ1) is 36.3. The number of hydrogen-bond acceptors (Lipinski definition) is 5. The lowest BCUT2D eigenvalue weighted by molar-refractivity contribution is 0.667. The monoisotopic (exact) mass is 818 g/mol. The highest BCUT2D eigenvalue weighted by Crippen LogP contribution is 2.49. The maximum atomic E-state index is 6.91. The summed E-state index contributed by atoms with van der Waals surface area (Å²) >= 11 is 0. The highest BCUT2D eigenvalue weighted by Gasteiger charge is 2.26. The van der Waals surface area contributed by atoms with E-state index in [4.69, 9.17) is 13.3 Å². The van der Waals surface area contributed by atoms with Crippen LogP contribution in [0.3, 0.4) is 0 Å². The first-order valence-corrected chi connectivity index (χ1v) is 24.7. The number of benzene rings is 9. The Morgan fingerprint density at radius 1 is 0.355 bits per heavy atom. The van der Waals surface area contributed by atoms with Gasteiger partial charge in [0.1, 0.15) is 22.3 Å². The molecule has 0 aliphatic rings. The topological polar surface area (TPSA) is 45.9 Å². The molecule has 62 heavy (non-hydrogen) atoms. The van der Waals surface area contributed by atoms with Crippen molar-refractivity contribution in [2.24, 2.45) is 0 Å². The van der Waals surface area contributed by atoms with Gasteiger partial charge in [-0.3, -0.25) is 0 Å². The van der Waals surface area contributed by atoms with E-state index in [1.165, 1.54) is 10.8 Å². The summed E-state index contributed by atoms with van der Waals surface area (Å²) in [6.07, 6.45) is 0. The summed E-state index contributed by atoms with van der Waals surface area (Å²) in [4.78, 5) is 4.66. The summed E-state index contributed by atoms with van der Waals surface area (Å²) in [6.45, 7) is 9.30. The van der Waals surface area contributed by atoms with Crippen LogP contribution in [0.25, 0.3) is 76.6 Å². The van der Waals surface area contributed by atoms with Crippen LogP contribution in [0, 0.1) is 6.92 Å². The summed E-state index contributed by atoms with van der Waals surface area (Å²) < 4.78 is 20.3. The first-order chi connectivity index (χ1) is 30.3. The third-order valence-electron chi connectivity index (χ3n) is 12.5. The molecule has 12 aromatic rings. The van der Waals surface area contributed by atoms with Gasteiger partial charge in [-0.2, -0.15) is 0 Å². The Hall–Kier alpha value is -7.54. The van der Waals surface area contributed by atoms with Gasteiger partial charge in [-0.05, 0) is 79.0 Å². The first-order valence-electron chi connectivity index (χ1n) is 21.2. The Labute approximate surface area is 359 Å². The molecular formula is C56H42N2O3Si. The fourth-order valence-electron chi connectivity index (χ4n) is 9.39. The lowest BCUT2D eigenvalue weighted by Crippen LogP contribution is -2.37. The number of anilines is 6. The molecule has 0 N–H and O–H groups in total. The van der Waals surface area contributed by atoms with Crippen molar-refractivity contribution in [2.45, 2.75) is 26.6 Å². The van der Waals surface area contributed by atoms with Gasteiger partial charge in [0.15, 0.2) is 11.2 Å². The second kappa shape index (κ2) is 13.7. The Morgan fingerprint density at radius 2 is 0.855 bits per heavy atom. The van der Waals surface area contributed by atoms with Crippen LogP contribution >= 0.6 is 0 Å². The Morgan fingerprint density at radius 3 is 1.48 bits per heavy atom. The van der Waals surface area contributed by atoms with Crippen LogP contribution in [0.2, 0.25) is 19.6 Å². The summed E-state index contributed by atoms with van der Waals surface area (Å²) in [5, 5.41) is 10.1. The van der Waals surface area contributed by atoms with Gasteiger partial charge in [0.2, 0.25) is 0 Å². The largest absolute Gasteiger partial charge is 0.456 e. The number of hydrogen-bond donors (Lipinski definition) is 0. The molecule has 9 aromatic carbocycles. The van der Waals surface area contributed by atoms with Gasteiger partial charge >= 0.3 is 0 Å². The molecule has 0 saturated heterocycles. The van der Waals surface area contributed by atoms with E-state index in [2.05, 4.69) is 194 Å². The smallest absolute Gasteiger partial charge is 0.159 e. The molecular weight excluding hydrogens is 777 g/mol. The minimum atomic E-state index is -1.56. The molecule has 0 fully saturated rings. The van der Waals surface area contributed by atoms with Gasteiger partial charge in [-0.15, -0.1) is 0 Å². The number of furan rings is 3. The molecule has 5 nitrogen and oxygen atoms in total. The van der Waals surface area contributed by atoms with Crippen molar-refractivity contribution in [1.29, 1.82) is 0 Å². The van der Waals surface area contributed by atoms with Crippen molar-refractivity contribution in [3.8, 4) is 0 Å². The van der Waals surface area contributed by atoms with Crippen LogP contribution in [0.5, 0.6) is 0 Å². The third-order valence-corrected chi connectivity index (χ3v) is 14.5. The molecule has 12 rings (SSSR count). The maximum Gasteiger partial charge on any atom is 0.159 e. The molecule has 0 aliphatic carbocycles. The van der Waals surface area contributed by atoms with Crippen molar-refractivity contribution in [2.75, 3.05) is 9.80 Å². The lowest BCUT2D eigenvalue weighted by atomic mass is 10.00. The average molecular weight is 819 g/mol. The molecule has 6 heteroatoms. The minimum absolute atomic E-state index is 0.813. The SMILES string of the molecule is Cc1ccc(N(c2ccc3oc4cc(N(c5ccc([Si](C)(C)C)cc5)c5cccc6c5oc5ccccc56)c5ccccc5c4c3c2)c2cccc3c2oc2ccccc23)cc1. The van der Waals surface area contributed by atoms with Crippen molar-refractivity contribution in [1.82, 2.24) is 0 Å². The Balaban J connectivity index is 1.10. The third kappa shape index (κ3) is 5.67. The zero-order chi connectivity index (χ0) is 41.7. The number of nitrogens with zero attached hydrogens (tertiary/aromatic N) is 2. The van der Waals surface area contributed by atoms with Crippen molar-refractivity contribution in [3.63, 3.8) is 0 Å². The van der Waals surface area contributed by atoms with E-state index in [-0.39, 0.29) is 0 Å². The number of rotatable bonds is 7. The predicted molar refractivity (Wildman–Crippen MR) is 263 cm³/mol. The van der Waals surface area contributed by atoms with E-state index < -0.39 is 8.07 Å². The van der Waals surface area contributed by atoms with E-state index in [9.17, 15) is 0 Å². The average Bonchev–Trinajstić information content (AvgIpc) is 3.99. The summed E-state index contributed by atoms with van der Waals surface area (Å²) in [5.74, 6) is 0. The van der Waals surface area contributed by atoms with E-state index in [1.54, 1.807) is 0 Å². The van der Waals surface area contributed by atoms with Gasteiger partial charge in [-0.25, -0.2) is 0 Å². The van der Waals surface area contributed by atoms with Crippen LogP contribution in [0.1, 0.15) is 5.56 Å². The maximum absolute atomic E-state index is 6.91. The van der Waals surface area contributed by atoms with Gasteiger partial charge in [0.25, 0.3) is 0 Å². The van der Waals surface area contributed by atoms with Crippen LogP contribution in [0.15, 0.2) is 195 Å².